The molecule has 2 aromatic rings. The second-order valence-electron chi connectivity index (χ2n) is 2.29. The van der Waals surface area contributed by atoms with Gasteiger partial charge in [-0.25, -0.2) is 4.98 Å². The average Bonchev–Trinajstić information content (AvgIpc) is 2.44. The van der Waals surface area contributed by atoms with Crippen molar-refractivity contribution in [3.8, 4) is 5.19 Å². The molecule has 0 saturated carbocycles. The third-order valence-electron chi connectivity index (χ3n) is 1.44. The Morgan fingerprint density at radius 2 is 2.23 bits per heavy atom. The summed E-state index contributed by atoms with van der Waals surface area (Å²) in [6, 6.07) is 7.75. The first kappa shape index (κ1) is 8.87. The van der Waals surface area contributed by atoms with E-state index < -0.39 is 0 Å². The van der Waals surface area contributed by atoms with Gasteiger partial charge in [0.05, 0.1) is 10.2 Å². The third-order valence-corrected chi connectivity index (χ3v) is 2.52. The van der Waals surface area contributed by atoms with Crippen LogP contribution in [-0.4, -0.2) is 9.49 Å². The number of halogens is 1. The SMILES string of the molecule is S=C(Cl)Oc1nc2ccccc2s1. The number of para-hydroxylation sites is 1. The van der Waals surface area contributed by atoms with Gasteiger partial charge < -0.3 is 4.74 Å². The zero-order chi connectivity index (χ0) is 9.26. The van der Waals surface area contributed by atoms with Crippen molar-refractivity contribution in [2.45, 2.75) is 0 Å². The molecule has 1 aromatic carbocycles. The maximum atomic E-state index is 5.42. The highest BCUT2D eigenvalue weighted by Gasteiger charge is 2.04. The molecule has 5 heteroatoms. The molecule has 66 valence electrons. The van der Waals surface area contributed by atoms with Crippen LogP contribution in [0.4, 0.5) is 0 Å². The summed E-state index contributed by atoms with van der Waals surface area (Å²) in [6.45, 7) is 0. The molecule has 2 nitrogen and oxygen atoms in total. The molecule has 2 rings (SSSR count). The van der Waals surface area contributed by atoms with Gasteiger partial charge in [0.2, 0.25) is 0 Å². The number of hydrogen-bond acceptors (Lipinski definition) is 4. The van der Waals surface area contributed by atoms with Crippen molar-refractivity contribution in [2.75, 3.05) is 0 Å². The van der Waals surface area contributed by atoms with Crippen LogP contribution in [0.2, 0.25) is 0 Å². The normalized spacial score (nSPS) is 10.2. The fourth-order valence-electron chi connectivity index (χ4n) is 0.963. The number of fused-ring (bicyclic) bond motifs is 1. The number of hydrogen-bond donors (Lipinski definition) is 0. The van der Waals surface area contributed by atoms with Crippen LogP contribution in [0.1, 0.15) is 0 Å². The molecule has 0 atom stereocenters. The summed E-state index contributed by atoms with van der Waals surface area (Å²) >= 11 is 11.4. The monoisotopic (exact) mass is 229 g/mol. The Kier molecular flexibility index (Phi) is 2.44. The number of thiocarbonyl (C=S) groups is 1. The Labute approximate surface area is 89.1 Å². The third kappa shape index (κ3) is 1.96. The van der Waals surface area contributed by atoms with E-state index in [1.807, 2.05) is 24.3 Å². The molecule has 0 amide bonds. The lowest BCUT2D eigenvalue weighted by atomic mass is 10.3. The van der Waals surface area contributed by atoms with Crippen molar-refractivity contribution in [2.24, 2.45) is 0 Å². The van der Waals surface area contributed by atoms with Crippen molar-refractivity contribution in [3.63, 3.8) is 0 Å². The van der Waals surface area contributed by atoms with E-state index in [2.05, 4.69) is 17.2 Å². The van der Waals surface area contributed by atoms with Crippen molar-refractivity contribution >= 4 is 49.9 Å². The van der Waals surface area contributed by atoms with Crippen molar-refractivity contribution in [3.05, 3.63) is 24.3 Å². The van der Waals surface area contributed by atoms with Gasteiger partial charge in [-0.2, -0.15) is 0 Å². The van der Waals surface area contributed by atoms with Crippen LogP contribution >= 0.6 is 35.2 Å². The van der Waals surface area contributed by atoms with Gasteiger partial charge in [-0.05, 0) is 36.0 Å². The van der Waals surface area contributed by atoms with Gasteiger partial charge in [0.1, 0.15) is 0 Å². The predicted molar refractivity (Wildman–Crippen MR) is 58.7 cm³/mol. The summed E-state index contributed by atoms with van der Waals surface area (Å²) < 4.78 is 6.04. The van der Waals surface area contributed by atoms with E-state index in [9.17, 15) is 0 Å². The number of thiazole rings is 1. The molecule has 1 aromatic heterocycles. The Morgan fingerprint density at radius 1 is 1.46 bits per heavy atom. The molecule has 0 unspecified atom stereocenters. The Bertz CT molecular complexity index is 421. The first-order valence-corrected chi connectivity index (χ1v) is 5.09. The Balaban J connectivity index is 2.44. The lowest BCUT2D eigenvalue weighted by Gasteiger charge is -1.91. The largest absolute Gasteiger partial charge is 0.408 e. The topological polar surface area (TPSA) is 22.1 Å². The minimum absolute atomic E-state index is 0.0287. The van der Waals surface area contributed by atoms with Crippen molar-refractivity contribution in [1.29, 1.82) is 0 Å². The molecule has 0 fully saturated rings. The summed E-state index contributed by atoms with van der Waals surface area (Å²) in [5.41, 5.74) is 0.899. The quantitative estimate of drug-likeness (QED) is 0.554. The lowest BCUT2D eigenvalue weighted by molar-refractivity contribution is 0.574. The molecule has 0 radical (unpaired) electrons. The highest BCUT2D eigenvalue weighted by molar-refractivity contribution is 7.82. The summed E-state index contributed by atoms with van der Waals surface area (Å²) in [5, 5.41) is 0.487. The molecule has 0 N–H and O–H groups in total. The average molecular weight is 230 g/mol. The van der Waals surface area contributed by atoms with Crippen LogP contribution < -0.4 is 4.74 Å². The minimum atomic E-state index is -0.0287. The van der Waals surface area contributed by atoms with Crippen LogP contribution in [0.3, 0.4) is 0 Å². The molecule has 1 heterocycles. The van der Waals surface area contributed by atoms with Crippen LogP contribution in [0.5, 0.6) is 5.19 Å². The van der Waals surface area contributed by atoms with Gasteiger partial charge in [0.25, 0.3) is 9.70 Å². The number of aromatic nitrogens is 1. The van der Waals surface area contributed by atoms with E-state index in [1.165, 1.54) is 11.3 Å². The minimum Gasteiger partial charge on any atom is -0.408 e. The first-order valence-electron chi connectivity index (χ1n) is 3.48. The lowest BCUT2D eigenvalue weighted by Crippen LogP contribution is -1.93. The first-order chi connectivity index (χ1) is 6.25. The summed E-state index contributed by atoms with van der Waals surface area (Å²) in [5.74, 6) is 0. The van der Waals surface area contributed by atoms with Crippen LogP contribution in [0.15, 0.2) is 24.3 Å². The second-order valence-corrected chi connectivity index (χ2v) is 4.22. The molecular weight excluding hydrogens is 226 g/mol. The van der Waals surface area contributed by atoms with E-state index in [0.29, 0.717) is 5.19 Å². The molecule has 13 heavy (non-hydrogen) atoms. The van der Waals surface area contributed by atoms with Gasteiger partial charge >= 0.3 is 0 Å². The highest BCUT2D eigenvalue weighted by atomic mass is 35.5. The summed E-state index contributed by atoms with van der Waals surface area (Å²) in [4.78, 5) is 4.18. The van der Waals surface area contributed by atoms with Crippen molar-refractivity contribution in [1.82, 2.24) is 4.98 Å². The Morgan fingerprint density at radius 3 is 2.92 bits per heavy atom. The van der Waals surface area contributed by atoms with Crippen molar-refractivity contribution < 1.29 is 4.74 Å². The zero-order valence-corrected chi connectivity index (χ0v) is 8.75. The fourth-order valence-corrected chi connectivity index (χ4v) is 2.04. The van der Waals surface area contributed by atoms with Gasteiger partial charge in [0, 0.05) is 0 Å². The Hall–Kier alpha value is -0.710. The van der Waals surface area contributed by atoms with E-state index in [-0.39, 0.29) is 4.51 Å². The van der Waals surface area contributed by atoms with Gasteiger partial charge in [-0.15, -0.1) is 0 Å². The maximum absolute atomic E-state index is 5.42. The van der Waals surface area contributed by atoms with Crippen LogP contribution in [0.25, 0.3) is 10.2 Å². The number of benzene rings is 1. The van der Waals surface area contributed by atoms with E-state index in [1.54, 1.807) is 0 Å². The second kappa shape index (κ2) is 3.57. The summed E-state index contributed by atoms with van der Waals surface area (Å²) in [7, 11) is 0. The van der Waals surface area contributed by atoms with Gasteiger partial charge in [-0.3, -0.25) is 0 Å². The molecule has 0 saturated heterocycles. The summed E-state index contributed by atoms with van der Waals surface area (Å²) in [6.07, 6.45) is 0. The molecule has 0 spiro atoms. The van der Waals surface area contributed by atoms with E-state index in [0.717, 1.165) is 10.2 Å². The zero-order valence-electron chi connectivity index (χ0n) is 6.36. The van der Waals surface area contributed by atoms with Gasteiger partial charge in [-0.1, -0.05) is 23.5 Å². The molecule has 0 aliphatic heterocycles. The standard InChI is InChI=1S/C8H4ClNOS2/c9-7(12)11-8-10-5-3-1-2-4-6(5)13-8/h1-4H. The van der Waals surface area contributed by atoms with Gasteiger partial charge in [0.15, 0.2) is 0 Å². The number of rotatable bonds is 1. The molecular formula is C8H4ClNOS2. The number of ether oxygens (including phenoxy) is 1. The van der Waals surface area contributed by atoms with Crippen LogP contribution in [-0.2, 0) is 0 Å². The van der Waals surface area contributed by atoms with E-state index in [4.69, 9.17) is 16.3 Å². The maximum Gasteiger partial charge on any atom is 0.281 e. The van der Waals surface area contributed by atoms with E-state index >= 15 is 0 Å². The molecule has 0 bridgehead atoms. The fraction of sp³-hybridized carbons (Fsp3) is 0. The molecule has 0 aliphatic rings. The highest BCUT2D eigenvalue weighted by Crippen LogP contribution is 2.27. The number of nitrogens with zero attached hydrogens (tertiary/aromatic N) is 1. The molecule has 0 aliphatic carbocycles. The van der Waals surface area contributed by atoms with Crippen LogP contribution in [0, 0.1) is 0 Å². The smallest absolute Gasteiger partial charge is 0.281 e. The predicted octanol–water partition coefficient (Wildman–Crippen LogP) is 3.20.